The van der Waals surface area contributed by atoms with E-state index in [4.69, 9.17) is 0 Å². The lowest BCUT2D eigenvalue weighted by Gasteiger charge is -1.98. The molecule has 0 radical (unpaired) electrons. The normalized spacial score (nSPS) is 10.0. The first kappa shape index (κ1) is 12.6. The van der Waals surface area contributed by atoms with E-state index in [0.717, 1.165) is 15.5 Å². The Hall–Kier alpha value is -0.510. The highest BCUT2D eigenvalue weighted by molar-refractivity contribution is 9.10. The Bertz CT molecular complexity index is 575. The average Bonchev–Trinajstić information content (AvgIpc) is 2.58. The van der Waals surface area contributed by atoms with E-state index in [1.165, 1.54) is 15.9 Å². The van der Waals surface area contributed by atoms with Gasteiger partial charge in [-0.3, -0.25) is 9.59 Å². The smallest absolute Gasteiger partial charge is 0.259 e. The molecule has 0 fully saturated rings. The van der Waals surface area contributed by atoms with Gasteiger partial charge in [0.05, 0.1) is 19.4 Å². The van der Waals surface area contributed by atoms with Crippen molar-refractivity contribution in [3.05, 3.63) is 32.0 Å². The molecule has 2 heterocycles. The predicted octanol–water partition coefficient (Wildman–Crippen LogP) is 2.23. The van der Waals surface area contributed by atoms with Gasteiger partial charge in [-0.1, -0.05) is 0 Å². The van der Waals surface area contributed by atoms with E-state index in [1.54, 1.807) is 19.3 Å². The van der Waals surface area contributed by atoms with E-state index in [1.807, 2.05) is 0 Å². The molecule has 2 rings (SSSR count). The van der Waals surface area contributed by atoms with Crippen LogP contribution >= 0.6 is 37.2 Å². The van der Waals surface area contributed by atoms with Gasteiger partial charge in [0.2, 0.25) is 0 Å². The average molecular weight is 306 g/mol. The topological polar surface area (TPSA) is 39.1 Å². The summed E-state index contributed by atoms with van der Waals surface area (Å²) in [5, 5.41) is 0.592. The number of aromatic nitrogens is 1. The Morgan fingerprint density at radius 1 is 1.53 bits per heavy atom. The third-order valence-corrected chi connectivity index (χ3v) is 3.90. The van der Waals surface area contributed by atoms with Crippen molar-refractivity contribution in [2.45, 2.75) is 0 Å². The predicted molar refractivity (Wildman–Crippen MR) is 71.3 cm³/mol. The number of hydrogen-bond acceptors (Lipinski definition) is 3. The Balaban J connectivity index is 0.00000112. The molecule has 0 saturated carbocycles. The summed E-state index contributed by atoms with van der Waals surface area (Å²) in [7, 11) is 1.69. The summed E-state index contributed by atoms with van der Waals surface area (Å²) in [5.41, 5.74) is -0.0763. The van der Waals surface area contributed by atoms with Crippen LogP contribution in [-0.2, 0) is 7.05 Å². The van der Waals surface area contributed by atoms with Crippen LogP contribution in [0.25, 0.3) is 10.1 Å². The monoisotopic (exact) mass is 305 g/mol. The summed E-state index contributed by atoms with van der Waals surface area (Å²) in [4.78, 5) is 22.8. The van der Waals surface area contributed by atoms with Gasteiger partial charge in [-0.25, -0.2) is 0 Å². The van der Waals surface area contributed by atoms with Crippen molar-refractivity contribution >= 4 is 53.5 Å². The number of halogens is 1. The number of rotatable bonds is 1. The molecule has 0 N–H and O–H groups in total. The minimum atomic E-state index is -0.0763. The van der Waals surface area contributed by atoms with E-state index >= 15 is 0 Å². The third-order valence-electron chi connectivity index (χ3n) is 1.94. The van der Waals surface area contributed by atoms with Gasteiger partial charge in [0.1, 0.15) is 0 Å². The van der Waals surface area contributed by atoms with Crippen molar-refractivity contribution in [1.82, 2.24) is 4.57 Å². The number of aryl methyl sites for hydroxylation is 1. The van der Waals surface area contributed by atoms with Crippen LogP contribution in [-0.4, -0.2) is 10.9 Å². The zero-order chi connectivity index (χ0) is 10.3. The molecule has 0 aliphatic heterocycles. The molecule has 0 saturated heterocycles. The van der Waals surface area contributed by atoms with Gasteiger partial charge in [-0.05, 0) is 22.0 Å². The molecule has 0 aromatic carbocycles. The Labute approximate surface area is 102 Å². The number of hydrogen-bond donors (Lipinski definition) is 0. The van der Waals surface area contributed by atoms with Crippen LogP contribution in [0.5, 0.6) is 0 Å². The third kappa shape index (κ3) is 2.05. The molecule has 2 aromatic heterocycles. The zero-order valence-corrected chi connectivity index (χ0v) is 11.8. The fraction of sp³-hybridized carbons (Fsp3) is 0.111. The van der Waals surface area contributed by atoms with Crippen molar-refractivity contribution in [3.8, 4) is 0 Å². The standard InChI is InChI=1S/C9H6BrNO2S.H3P/c1-11-3-7(10)8-6(9(11)13)2-5(4-12)14-8;/h2-4H,1H3;1H3. The second-order valence-electron chi connectivity index (χ2n) is 2.90. The molecule has 6 heteroatoms. The Kier molecular flexibility index (Phi) is 3.82. The van der Waals surface area contributed by atoms with Crippen molar-refractivity contribution in [2.24, 2.45) is 7.05 Å². The summed E-state index contributed by atoms with van der Waals surface area (Å²) < 4.78 is 3.16. The van der Waals surface area contributed by atoms with Crippen LogP contribution in [0.15, 0.2) is 21.5 Å². The fourth-order valence-corrected chi connectivity index (χ4v) is 2.91. The van der Waals surface area contributed by atoms with Crippen molar-refractivity contribution in [2.75, 3.05) is 0 Å². The molecule has 2 aromatic rings. The first-order chi connectivity index (χ1) is 6.63. The van der Waals surface area contributed by atoms with Crippen LogP contribution in [0.4, 0.5) is 0 Å². The number of carbonyl (C=O) groups is 1. The highest BCUT2D eigenvalue weighted by Crippen LogP contribution is 2.28. The summed E-state index contributed by atoms with van der Waals surface area (Å²) >= 11 is 4.68. The number of carbonyl (C=O) groups excluding carboxylic acids is 1. The maximum Gasteiger partial charge on any atom is 0.259 e. The number of aldehydes is 1. The quantitative estimate of drug-likeness (QED) is 0.599. The molecule has 1 atom stereocenters. The molecule has 1 unspecified atom stereocenters. The highest BCUT2D eigenvalue weighted by atomic mass is 79.9. The first-order valence-corrected chi connectivity index (χ1v) is 5.48. The van der Waals surface area contributed by atoms with Crippen molar-refractivity contribution < 1.29 is 4.79 Å². The van der Waals surface area contributed by atoms with Crippen LogP contribution in [0.3, 0.4) is 0 Å². The Morgan fingerprint density at radius 2 is 2.20 bits per heavy atom. The van der Waals surface area contributed by atoms with Gasteiger partial charge >= 0.3 is 0 Å². The van der Waals surface area contributed by atoms with Crippen LogP contribution < -0.4 is 5.56 Å². The molecule has 0 aliphatic carbocycles. The molecular formula is C9H9BrNO2PS. The minimum Gasteiger partial charge on any atom is -0.317 e. The van der Waals surface area contributed by atoms with Crippen molar-refractivity contribution in [3.63, 3.8) is 0 Å². The number of nitrogens with zero attached hydrogens (tertiary/aromatic N) is 1. The maximum absolute atomic E-state index is 11.6. The Morgan fingerprint density at radius 3 is 2.80 bits per heavy atom. The van der Waals surface area contributed by atoms with Gasteiger partial charge in [-0.2, -0.15) is 9.90 Å². The van der Waals surface area contributed by atoms with Crippen LogP contribution in [0.1, 0.15) is 9.67 Å². The molecule has 3 nitrogen and oxygen atoms in total. The van der Waals surface area contributed by atoms with E-state index in [9.17, 15) is 9.59 Å². The number of pyridine rings is 1. The lowest BCUT2D eigenvalue weighted by molar-refractivity contribution is 0.112. The largest absolute Gasteiger partial charge is 0.317 e. The summed E-state index contributed by atoms with van der Waals surface area (Å²) in [6.45, 7) is 0. The summed E-state index contributed by atoms with van der Waals surface area (Å²) in [6, 6.07) is 1.63. The SMILES string of the molecule is Cn1cc(Br)c2sc(C=O)cc2c1=O.P. The second-order valence-corrected chi connectivity index (χ2v) is 4.84. The van der Waals surface area contributed by atoms with E-state index in [2.05, 4.69) is 15.9 Å². The molecule has 0 spiro atoms. The molecule has 15 heavy (non-hydrogen) atoms. The van der Waals surface area contributed by atoms with E-state index in [0.29, 0.717) is 10.3 Å². The molecule has 0 bridgehead atoms. The number of thiophene rings is 1. The van der Waals surface area contributed by atoms with E-state index < -0.39 is 0 Å². The van der Waals surface area contributed by atoms with Gasteiger partial charge < -0.3 is 4.57 Å². The summed E-state index contributed by atoms with van der Waals surface area (Å²) in [6.07, 6.45) is 2.46. The van der Waals surface area contributed by atoms with Crippen LogP contribution in [0.2, 0.25) is 0 Å². The lowest BCUT2D eigenvalue weighted by atomic mass is 10.3. The lowest BCUT2D eigenvalue weighted by Crippen LogP contribution is -2.14. The first-order valence-electron chi connectivity index (χ1n) is 3.87. The van der Waals surface area contributed by atoms with Gasteiger partial charge in [-0.15, -0.1) is 11.3 Å². The van der Waals surface area contributed by atoms with E-state index in [-0.39, 0.29) is 15.5 Å². The fourth-order valence-electron chi connectivity index (χ4n) is 1.28. The van der Waals surface area contributed by atoms with Gasteiger partial charge in [0.15, 0.2) is 6.29 Å². The van der Waals surface area contributed by atoms with Gasteiger partial charge in [0, 0.05) is 13.2 Å². The zero-order valence-electron chi connectivity index (χ0n) is 7.99. The molecular weight excluding hydrogens is 297 g/mol. The molecule has 0 aliphatic rings. The minimum absolute atomic E-state index is 0. The molecule has 0 amide bonds. The van der Waals surface area contributed by atoms with Crippen LogP contribution in [0, 0.1) is 0 Å². The maximum atomic E-state index is 11.6. The van der Waals surface area contributed by atoms with Crippen molar-refractivity contribution in [1.29, 1.82) is 0 Å². The summed E-state index contributed by atoms with van der Waals surface area (Å²) in [5.74, 6) is 0. The second kappa shape index (κ2) is 4.56. The highest BCUT2D eigenvalue weighted by Gasteiger charge is 2.09. The molecule has 80 valence electrons. The van der Waals surface area contributed by atoms with Gasteiger partial charge in [0.25, 0.3) is 5.56 Å². The number of fused-ring (bicyclic) bond motifs is 1.